The molecule has 3 N–H and O–H groups in total. The Morgan fingerprint density at radius 2 is 1.97 bits per heavy atom. The lowest BCUT2D eigenvalue weighted by molar-refractivity contribution is -0.139. The summed E-state index contributed by atoms with van der Waals surface area (Å²) in [5.41, 5.74) is 0.457. The molecule has 7 nitrogen and oxygen atoms in total. The Balaban J connectivity index is 1.91. The van der Waals surface area contributed by atoms with Crippen LogP contribution in [0.1, 0.15) is 39.0 Å². The molecule has 0 saturated heterocycles. The van der Waals surface area contributed by atoms with Gasteiger partial charge in [0.05, 0.1) is 16.2 Å². The fourth-order valence-corrected chi connectivity index (χ4v) is 4.89. The lowest BCUT2D eigenvalue weighted by Crippen LogP contribution is -2.57. The van der Waals surface area contributed by atoms with Gasteiger partial charge in [0.15, 0.2) is 0 Å². The lowest BCUT2D eigenvalue weighted by atomic mass is 9.87. The van der Waals surface area contributed by atoms with Gasteiger partial charge in [-0.2, -0.15) is 0 Å². The van der Waals surface area contributed by atoms with E-state index in [2.05, 4.69) is 27.9 Å². The smallest absolute Gasteiger partial charge is 0.247 e. The van der Waals surface area contributed by atoms with Gasteiger partial charge < -0.3 is 25.2 Å². The lowest BCUT2D eigenvalue weighted by Gasteiger charge is -2.43. The largest absolute Gasteiger partial charge is 0.482 e. The first-order chi connectivity index (χ1) is 14.4. The Bertz CT molecular complexity index is 793. The van der Waals surface area contributed by atoms with Gasteiger partial charge in [0.1, 0.15) is 18.0 Å². The average Bonchev–Trinajstić information content (AvgIpc) is 3.24. The first-order valence-corrected chi connectivity index (χ1v) is 11.5. The van der Waals surface area contributed by atoms with E-state index in [1.54, 1.807) is 11.0 Å². The molecule has 0 aliphatic heterocycles. The molecular weight excluding hydrogens is 499 g/mol. The summed E-state index contributed by atoms with van der Waals surface area (Å²) in [5.74, 6) is 0.202. The van der Waals surface area contributed by atoms with Gasteiger partial charge >= 0.3 is 0 Å². The zero-order chi connectivity index (χ0) is 21.7. The summed E-state index contributed by atoms with van der Waals surface area (Å²) in [4.78, 5) is 27.0. The molecule has 164 valence electrons. The molecule has 0 heterocycles. The molecule has 0 aromatic heterocycles. The highest BCUT2D eigenvalue weighted by molar-refractivity contribution is 14.1. The molecule has 0 unspecified atom stereocenters. The van der Waals surface area contributed by atoms with Crippen molar-refractivity contribution in [3.8, 4) is 5.75 Å². The fourth-order valence-electron chi connectivity index (χ4n) is 4.38. The normalized spacial score (nSPS) is 24.3. The molecular formula is C22H29IN2O5. The number of carbonyl (C=O) groups is 2. The zero-order valence-corrected chi connectivity index (χ0v) is 19.2. The molecule has 30 heavy (non-hydrogen) atoms. The third-order valence-corrected chi connectivity index (χ3v) is 6.64. The van der Waals surface area contributed by atoms with E-state index >= 15 is 0 Å². The van der Waals surface area contributed by atoms with Crippen LogP contribution in [-0.2, 0) is 9.59 Å². The Morgan fingerprint density at radius 1 is 1.27 bits per heavy atom. The number of hydrogen-bond acceptors (Lipinski definition) is 5. The molecule has 8 heteroatoms. The van der Waals surface area contributed by atoms with Crippen LogP contribution < -0.4 is 10.1 Å². The summed E-state index contributed by atoms with van der Waals surface area (Å²) >= 11 is 2.16. The Labute approximate surface area is 190 Å². The number of nitrogens with zero attached hydrogens (tertiary/aromatic N) is 1. The summed E-state index contributed by atoms with van der Waals surface area (Å²) in [6.07, 6.45) is 4.08. The van der Waals surface area contributed by atoms with Crippen LogP contribution in [0.25, 0.3) is 0 Å². The van der Waals surface area contributed by atoms with Gasteiger partial charge in [-0.1, -0.05) is 25.0 Å². The van der Waals surface area contributed by atoms with Crippen molar-refractivity contribution in [2.24, 2.45) is 0 Å². The molecule has 0 spiro atoms. The molecule has 1 fully saturated rings. The van der Waals surface area contributed by atoms with Gasteiger partial charge in [-0.3, -0.25) is 9.59 Å². The van der Waals surface area contributed by atoms with Crippen LogP contribution in [0.2, 0.25) is 0 Å². The highest BCUT2D eigenvalue weighted by Gasteiger charge is 2.42. The quantitative estimate of drug-likeness (QED) is 0.471. The molecule has 2 aliphatic carbocycles. The third-order valence-electron chi connectivity index (χ3n) is 5.75. The Kier molecular flexibility index (Phi) is 8.13. The van der Waals surface area contributed by atoms with Crippen LogP contribution in [0.15, 0.2) is 35.9 Å². The summed E-state index contributed by atoms with van der Waals surface area (Å²) in [6, 6.07) is 6.99. The number of amides is 2. The van der Waals surface area contributed by atoms with Crippen LogP contribution >= 0.6 is 22.6 Å². The van der Waals surface area contributed by atoms with E-state index in [0.29, 0.717) is 11.3 Å². The number of halogens is 1. The first-order valence-electron chi connectivity index (χ1n) is 10.4. The van der Waals surface area contributed by atoms with Crippen molar-refractivity contribution in [2.75, 3.05) is 13.2 Å². The Hall–Kier alpha value is -1.65. The fraction of sp³-hybridized carbons (Fsp3) is 0.545. The highest BCUT2D eigenvalue weighted by Crippen LogP contribution is 2.33. The van der Waals surface area contributed by atoms with Crippen LogP contribution in [0.5, 0.6) is 5.75 Å². The molecule has 1 saturated carbocycles. The molecule has 1 aromatic carbocycles. The van der Waals surface area contributed by atoms with Crippen molar-refractivity contribution < 1.29 is 24.5 Å². The molecule has 3 atom stereocenters. The van der Waals surface area contributed by atoms with E-state index in [0.717, 1.165) is 29.3 Å². The van der Waals surface area contributed by atoms with Crippen molar-refractivity contribution >= 4 is 34.4 Å². The van der Waals surface area contributed by atoms with E-state index in [9.17, 15) is 14.7 Å². The number of hydrogen-bond donors (Lipinski definition) is 3. The minimum atomic E-state index is -0.958. The average molecular weight is 528 g/mol. The zero-order valence-electron chi connectivity index (χ0n) is 17.1. The molecule has 0 bridgehead atoms. The van der Waals surface area contributed by atoms with Crippen molar-refractivity contribution in [1.29, 1.82) is 0 Å². The van der Waals surface area contributed by atoms with Gasteiger partial charge in [-0.05, 0) is 53.6 Å². The summed E-state index contributed by atoms with van der Waals surface area (Å²) in [6.45, 7) is 1.50. The SMILES string of the molecule is CC(=O)N(C1CCCC1)[C@@H]1CC(C(=O)NCCO)=C[C@H](Oc2ccccc2I)[C@H]1O. The number of aliphatic hydroxyl groups is 2. The molecule has 1 aromatic rings. The topological polar surface area (TPSA) is 99.1 Å². The number of benzene rings is 1. The van der Waals surface area contributed by atoms with Crippen molar-refractivity contribution in [1.82, 2.24) is 10.2 Å². The summed E-state index contributed by atoms with van der Waals surface area (Å²) < 4.78 is 7.00. The predicted octanol–water partition coefficient (Wildman–Crippen LogP) is 2.00. The number of nitrogens with one attached hydrogen (secondary N) is 1. The molecule has 2 aliphatic rings. The minimum Gasteiger partial charge on any atom is -0.482 e. The van der Waals surface area contributed by atoms with Crippen LogP contribution in [0.4, 0.5) is 0 Å². The van der Waals surface area contributed by atoms with Gasteiger partial charge in [0.25, 0.3) is 0 Å². The van der Waals surface area contributed by atoms with E-state index in [1.165, 1.54) is 6.92 Å². The van der Waals surface area contributed by atoms with Gasteiger partial charge in [0.2, 0.25) is 11.8 Å². The Morgan fingerprint density at radius 3 is 2.60 bits per heavy atom. The van der Waals surface area contributed by atoms with Crippen molar-refractivity contribution in [3.05, 3.63) is 39.5 Å². The number of ether oxygens (including phenoxy) is 1. The van der Waals surface area contributed by atoms with Crippen LogP contribution in [0.3, 0.4) is 0 Å². The summed E-state index contributed by atoms with van der Waals surface area (Å²) in [5, 5.41) is 22.9. The predicted molar refractivity (Wildman–Crippen MR) is 121 cm³/mol. The second-order valence-corrected chi connectivity index (χ2v) is 8.97. The summed E-state index contributed by atoms with van der Waals surface area (Å²) in [7, 11) is 0. The van der Waals surface area contributed by atoms with Crippen molar-refractivity contribution in [3.63, 3.8) is 0 Å². The first kappa shape index (κ1) is 23.0. The standard InChI is InChI=1S/C22H29IN2O5/c1-14(27)25(16-6-2-3-7-16)18-12-15(22(29)24-10-11-26)13-20(21(18)28)30-19-9-5-4-8-17(19)23/h4-5,8-9,13,16,18,20-21,26,28H,2-3,6-7,10-12H2,1H3,(H,24,29)/t18-,20+,21+/m1/s1. The highest BCUT2D eigenvalue weighted by atomic mass is 127. The van der Waals surface area contributed by atoms with Gasteiger partial charge in [-0.15, -0.1) is 0 Å². The maximum absolute atomic E-state index is 12.7. The minimum absolute atomic E-state index is 0.0690. The number of para-hydroxylation sites is 1. The van der Waals surface area contributed by atoms with E-state index in [4.69, 9.17) is 9.84 Å². The van der Waals surface area contributed by atoms with E-state index in [1.807, 2.05) is 24.3 Å². The molecule has 3 rings (SSSR count). The van der Waals surface area contributed by atoms with Gasteiger partial charge in [-0.25, -0.2) is 0 Å². The van der Waals surface area contributed by atoms with Crippen LogP contribution in [-0.4, -0.2) is 64.4 Å². The monoisotopic (exact) mass is 528 g/mol. The third kappa shape index (κ3) is 5.33. The van der Waals surface area contributed by atoms with E-state index < -0.39 is 18.2 Å². The second-order valence-electron chi connectivity index (χ2n) is 7.81. The number of aliphatic hydroxyl groups excluding tert-OH is 2. The second kappa shape index (κ2) is 10.6. The number of rotatable bonds is 7. The maximum atomic E-state index is 12.7. The molecule has 0 radical (unpaired) electrons. The van der Waals surface area contributed by atoms with E-state index in [-0.39, 0.29) is 37.4 Å². The number of carbonyl (C=O) groups excluding carboxylic acids is 2. The van der Waals surface area contributed by atoms with Crippen LogP contribution in [0, 0.1) is 3.57 Å². The van der Waals surface area contributed by atoms with Crippen molar-refractivity contribution in [2.45, 2.75) is 63.3 Å². The molecule has 2 amide bonds. The maximum Gasteiger partial charge on any atom is 0.247 e. The van der Waals surface area contributed by atoms with Gasteiger partial charge in [0, 0.05) is 31.5 Å².